The maximum Gasteiger partial charge on any atom is 0.0451 e. The van der Waals surface area contributed by atoms with Gasteiger partial charge in [0.05, 0.1) is 0 Å². The summed E-state index contributed by atoms with van der Waals surface area (Å²) in [5.74, 6) is 0. The molecule has 0 aliphatic heterocycles. The van der Waals surface area contributed by atoms with Gasteiger partial charge in [-0.25, -0.2) is 0 Å². The van der Waals surface area contributed by atoms with Crippen LogP contribution in [0, 0.1) is 0 Å². The van der Waals surface area contributed by atoms with E-state index in [4.69, 9.17) is 0 Å². The van der Waals surface area contributed by atoms with Crippen molar-refractivity contribution in [2.24, 2.45) is 0 Å². The van der Waals surface area contributed by atoms with Gasteiger partial charge in [0.25, 0.3) is 0 Å². The van der Waals surface area contributed by atoms with E-state index in [1.165, 1.54) is 42.1 Å². The Morgan fingerprint density at radius 1 is 0.538 bits per heavy atom. The first kappa shape index (κ1) is 21.0. The number of unbranched alkanes of at least 4 members (excludes halogenated alkanes) is 2. The fraction of sp³-hybridized carbons (Fsp3) is 0.250. The zero-order valence-electron chi connectivity index (χ0n) is 15.1. The van der Waals surface area contributed by atoms with Gasteiger partial charge in [0, 0.05) is 24.9 Å². The van der Waals surface area contributed by atoms with Crippen LogP contribution in [-0.2, 0) is 24.9 Å². The van der Waals surface area contributed by atoms with Crippen LogP contribution in [0.4, 0.5) is 0 Å². The van der Waals surface area contributed by atoms with Crippen molar-refractivity contribution in [2.45, 2.75) is 31.1 Å². The minimum atomic E-state index is -0.0787. The van der Waals surface area contributed by atoms with E-state index in [0.717, 1.165) is 6.42 Å². The average Bonchev–Trinajstić information content (AvgIpc) is 2.70. The van der Waals surface area contributed by atoms with Crippen molar-refractivity contribution in [3.05, 3.63) is 108 Å². The minimum absolute atomic E-state index is 0. The Morgan fingerprint density at radius 2 is 0.923 bits per heavy atom. The summed E-state index contributed by atoms with van der Waals surface area (Å²) in [7, 11) is 2.85. The van der Waals surface area contributed by atoms with E-state index < -0.39 is 0 Å². The van der Waals surface area contributed by atoms with Crippen LogP contribution in [0.2, 0.25) is 0 Å². The van der Waals surface area contributed by atoms with Crippen LogP contribution in [0.15, 0.2) is 91.0 Å². The Labute approximate surface area is 173 Å². The molecule has 0 bridgehead atoms. The van der Waals surface area contributed by atoms with Gasteiger partial charge in [0.2, 0.25) is 0 Å². The van der Waals surface area contributed by atoms with Crippen LogP contribution < -0.4 is 0 Å². The molecule has 0 fully saturated rings. The van der Waals surface area contributed by atoms with E-state index in [0.29, 0.717) is 0 Å². The second-order valence-corrected chi connectivity index (χ2v) is 7.18. The molecule has 0 aliphatic rings. The molecule has 1 unspecified atom stereocenters. The predicted octanol–water partition coefficient (Wildman–Crippen LogP) is 6.45. The van der Waals surface area contributed by atoms with Crippen LogP contribution >= 0.6 is 9.24 Å². The zero-order chi connectivity index (χ0) is 17.4. The Bertz CT molecular complexity index is 644. The van der Waals surface area contributed by atoms with Gasteiger partial charge in [-0.3, -0.25) is 0 Å². The zero-order valence-corrected chi connectivity index (χ0v) is 18.0. The molecule has 0 radical (unpaired) electrons. The molecule has 0 saturated heterocycles. The summed E-state index contributed by atoms with van der Waals surface area (Å²) in [6.45, 7) is 0. The van der Waals surface area contributed by atoms with Gasteiger partial charge < -0.3 is 0 Å². The van der Waals surface area contributed by atoms with E-state index >= 15 is 0 Å². The first-order valence-corrected chi connectivity index (χ1v) is 10.1. The fourth-order valence-corrected chi connectivity index (χ4v) is 4.10. The van der Waals surface area contributed by atoms with E-state index in [-0.39, 0.29) is 24.9 Å². The summed E-state index contributed by atoms with van der Waals surface area (Å²) in [5, 5.41) is 0. The van der Waals surface area contributed by atoms with E-state index in [1.807, 2.05) is 0 Å². The van der Waals surface area contributed by atoms with Gasteiger partial charge in [-0.1, -0.05) is 104 Å². The number of benzene rings is 3. The molecule has 0 amide bonds. The maximum atomic E-state index is 2.85. The normalized spacial score (nSPS) is 11.0. The molecule has 26 heavy (non-hydrogen) atoms. The summed E-state index contributed by atoms with van der Waals surface area (Å²) >= 11 is 0. The summed E-state index contributed by atoms with van der Waals surface area (Å²) in [4.78, 5) is 0. The number of hydrogen-bond donors (Lipinski definition) is 0. The van der Waals surface area contributed by atoms with Crippen molar-refractivity contribution in [3.63, 3.8) is 0 Å². The first-order valence-electron chi connectivity index (χ1n) is 9.24. The third-order valence-corrected chi connectivity index (χ3v) is 5.46. The second kappa shape index (κ2) is 10.8. The molecule has 2 heteroatoms. The van der Waals surface area contributed by atoms with E-state index in [9.17, 15) is 0 Å². The molecule has 1 atom stereocenters. The molecule has 0 N–H and O–H groups in total. The van der Waals surface area contributed by atoms with Crippen molar-refractivity contribution in [1.29, 1.82) is 0 Å². The van der Waals surface area contributed by atoms with Gasteiger partial charge in [0.15, 0.2) is 0 Å². The van der Waals surface area contributed by atoms with Crippen molar-refractivity contribution in [2.75, 3.05) is 6.16 Å². The molecule has 3 aromatic carbocycles. The Kier molecular flexibility index (Phi) is 8.70. The molecule has 3 aromatic rings. The van der Waals surface area contributed by atoms with E-state index in [1.54, 1.807) is 0 Å². The molecule has 136 valence electrons. The second-order valence-electron chi connectivity index (χ2n) is 6.60. The van der Waals surface area contributed by atoms with Crippen LogP contribution in [0.5, 0.6) is 0 Å². The standard InChI is InChI=1S/C24H27P.Ru/c25-20-12-4-11-19-24(21-13-5-1-6-14-21,22-15-7-2-8-16-22)23-17-9-3-10-18-23;/h1-3,5-10,13-18H,4,11-12,19-20,25H2;. The minimum Gasteiger partial charge on any atom is -0.138 e. The number of rotatable bonds is 8. The van der Waals surface area contributed by atoms with Crippen molar-refractivity contribution < 1.29 is 19.5 Å². The third kappa shape index (κ3) is 4.70. The fourth-order valence-electron chi connectivity index (χ4n) is 3.81. The molecule has 0 nitrogen and oxygen atoms in total. The molecule has 0 heterocycles. The summed E-state index contributed by atoms with van der Waals surface area (Å²) in [5.41, 5.74) is 4.08. The van der Waals surface area contributed by atoms with Crippen molar-refractivity contribution >= 4 is 9.24 Å². The topological polar surface area (TPSA) is 0 Å². The summed E-state index contributed by atoms with van der Waals surface area (Å²) in [6, 6.07) is 33.0. The maximum absolute atomic E-state index is 2.85. The summed E-state index contributed by atoms with van der Waals surface area (Å²) < 4.78 is 0. The monoisotopic (exact) mass is 448 g/mol. The molecule has 3 rings (SSSR count). The van der Waals surface area contributed by atoms with Gasteiger partial charge in [-0.15, -0.1) is 9.24 Å². The molecule has 0 aliphatic carbocycles. The molecule has 0 aromatic heterocycles. The summed E-state index contributed by atoms with van der Waals surface area (Å²) in [6.07, 6.45) is 6.11. The van der Waals surface area contributed by atoms with Crippen molar-refractivity contribution in [1.82, 2.24) is 0 Å². The van der Waals surface area contributed by atoms with Crippen molar-refractivity contribution in [3.8, 4) is 0 Å². The molecule has 0 saturated carbocycles. The van der Waals surface area contributed by atoms with Crippen LogP contribution in [0.3, 0.4) is 0 Å². The Balaban J connectivity index is 0.00000243. The predicted molar refractivity (Wildman–Crippen MR) is 112 cm³/mol. The molecular formula is C24H27PRu. The van der Waals surface area contributed by atoms with Crippen LogP contribution in [0.1, 0.15) is 42.4 Å². The molecule has 0 spiro atoms. The van der Waals surface area contributed by atoms with E-state index in [2.05, 4.69) is 100 Å². The van der Waals surface area contributed by atoms with Gasteiger partial charge in [-0.2, -0.15) is 0 Å². The number of hydrogen-bond acceptors (Lipinski definition) is 0. The first-order chi connectivity index (χ1) is 12.4. The Hall–Kier alpha value is -1.29. The molecular weight excluding hydrogens is 420 g/mol. The van der Waals surface area contributed by atoms with Gasteiger partial charge in [-0.05, 0) is 35.7 Å². The van der Waals surface area contributed by atoms with Gasteiger partial charge in [0.1, 0.15) is 0 Å². The SMILES string of the molecule is PCCCCCC(c1ccccc1)(c1ccccc1)c1ccccc1.[Ru]. The average molecular weight is 448 g/mol. The quantitative estimate of drug-likeness (QED) is 0.161. The third-order valence-electron chi connectivity index (χ3n) is 5.06. The van der Waals surface area contributed by atoms with Crippen LogP contribution in [0.25, 0.3) is 0 Å². The smallest absolute Gasteiger partial charge is 0.0451 e. The van der Waals surface area contributed by atoms with Gasteiger partial charge >= 0.3 is 0 Å². The Morgan fingerprint density at radius 3 is 1.27 bits per heavy atom. The van der Waals surface area contributed by atoms with Crippen LogP contribution in [-0.4, -0.2) is 6.16 Å². The largest absolute Gasteiger partial charge is 0.138 e.